The molecule has 9 heteroatoms. The van der Waals surface area contributed by atoms with Gasteiger partial charge in [-0.3, -0.25) is 9.79 Å². The summed E-state index contributed by atoms with van der Waals surface area (Å²) in [5.74, 6) is 1.000. The molecule has 1 aliphatic heterocycles. The van der Waals surface area contributed by atoms with Crippen molar-refractivity contribution in [3.63, 3.8) is 0 Å². The highest BCUT2D eigenvalue weighted by molar-refractivity contribution is 8.16. The normalized spacial score (nSPS) is 19.5. The largest absolute Gasteiger partial charge is 0.493 e. The fraction of sp³-hybridized carbons (Fsp3) is 0.652. The number of hydrogen-bond donors (Lipinski definition) is 2. The van der Waals surface area contributed by atoms with Crippen molar-refractivity contribution in [3.8, 4) is 5.75 Å². The van der Waals surface area contributed by atoms with Crippen LogP contribution in [0.5, 0.6) is 5.75 Å². The molecule has 1 aromatic rings. The summed E-state index contributed by atoms with van der Waals surface area (Å²) in [5.41, 5.74) is -1.12. The van der Waals surface area contributed by atoms with Gasteiger partial charge in [0, 0.05) is 11.8 Å². The zero-order valence-corrected chi connectivity index (χ0v) is 20.3. The molecule has 1 amide bonds. The minimum Gasteiger partial charge on any atom is -0.493 e. The van der Waals surface area contributed by atoms with Gasteiger partial charge in [-0.15, -0.1) is 11.8 Å². The Bertz CT molecular complexity index is 883. The first-order chi connectivity index (χ1) is 15.3. The van der Waals surface area contributed by atoms with Gasteiger partial charge in [-0.1, -0.05) is 51.1 Å². The average molecular weight is 466 g/mol. The van der Waals surface area contributed by atoms with E-state index in [9.17, 15) is 9.59 Å². The van der Waals surface area contributed by atoms with Crippen LogP contribution in [-0.4, -0.2) is 39.8 Å². The third-order valence-corrected chi connectivity index (χ3v) is 6.66. The van der Waals surface area contributed by atoms with Gasteiger partial charge in [0.2, 0.25) is 5.91 Å². The predicted octanol–water partition coefficient (Wildman–Crippen LogP) is 4.70. The van der Waals surface area contributed by atoms with E-state index < -0.39 is 17.2 Å². The highest BCUT2D eigenvalue weighted by Gasteiger charge is 2.40. The number of carbonyl (C=O) groups is 1. The van der Waals surface area contributed by atoms with Gasteiger partial charge in [0.1, 0.15) is 27.8 Å². The lowest BCUT2D eigenvalue weighted by Gasteiger charge is -2.24. The van der Waals surface area contributed by atoms with Crippen molar-refractivity contribution in [2.75, 3.05) is 12.4 Å². The minimum absolute atomic E-state index is 0.269. The van der Waals surface area contributed by atoms with Gasteiger partial charge in [-0.25, -0.2) is 4.79 Å². The molecule has 0 aromatic carbocycles. The second kappa shape index (κ2) is 12.7. The SMILES string of the molecule is CCCCCCCOc1cc([C@@H](CCC)NC(=O)C2(C)CSC(/C(C)=N/O)=N2)oc(=O)c1. The molecule has 0 saturated heterocycles. The van der Waals surface area contributed by atoms with E-state index in [0.717, 1.165) is 19.3 Å². The van der Waals surface area contributed by atoms with Crippen LogP contribution >= 0.6 is 11.8 Å². The quantitative estimate of drug-likeness (QED) is 0.189. The summed E-state index contributed by atoms with van der Waals surface area (Å²) in [7, 11) is 0. The van der Waals surface area contributed by atoms with Crippen LogP contribution in [-0.2, 0) is 4.79 Å². The van der Waals surface area contributed by atoms with Crippen LogP contribution in [0.3, 0.4) is 0 Å². The molecule has 0 fully saturated rings. The van der Waals surface area contributed by atoms with Gasteiger partial charge in [-0.05, 0) is 26.7 Å². The first-order valence-corrected chi connectivity index (χ1v) is 12.3. The van der Waals surface area contributed by atoms with Crippen molar-refractivity contribution in [2.24, 2.45) is 10.1 Å². The van der Waals surface area contributed by atoms with Crippen molar-refractivity contribution in [2.45, 2.75) is 84.2 Å². The maximum Gasteiger partial charge on any atom is 0.339 e. The number of thioether (sulfide) groups is 1. The minimum atomic E-state index is -0.995. The molecule has 2 heterocycles. The zero-order valence-electron chi connectivity index (χ0n) is 19.5. The molecule has 2 rings (SSSR count). The fourth-order valence-electron chi connectivity index (χ4n) is 3.35. The molecule has 1 unspecified atom stereocenters. The molecular formula is C23H35N3O5S. The zero-order chi connectivity index (χ0) is 23.6. The lowest BCUT2D eigenvalue weighted by Crippen LogP contribution is -2.45. The molecule has 0 aliphatic carbocycles. The van der Waals surface area contributed by atoms with E-state index in [4.69, 9.17) is 14.4 Å². The van der Waals surface area contributed by atoms with E-state index in [0.29, 0.717) is 41.0 Å². The summed E-state index contributed by atoms with van der Waals surface area (Å²) in [6.07, 6.45) is 6.99. The fourth-order valence-corrected chi connectivity index (χ4v) is 4.48. The van der Waals surface area contributed by atoms with Crippen molar-refractivity contribution < 1.29 is 19.2 Å². The molecule has 0 saturated carbocycles. The number of nitrogens with zero attached hydrogens (tertiary/aromatic N) is 2. The number of amides is 1. The Balaban J connectivity index is 2.09. The summed E-state index contributed by atoms with van der Waals surface area (Å²) in [5, 5.41) is 15.7. The van der Waals surface area contributed by atoms with Gasteiger partial charge >= 0.3 is 5.63 Å². The average Bonchev–Trinajstić information content (AvgIpc) is 3.18. The summed E-state index contributed by atoms with van der Waals surface area (Å²) in [4.78, 5) is 29.7. The first kappa shape index (κ1) is 26.0. The standard InChI is InChI=1S/C23H35N3O5S/c1-5-7-8-9-10-12-30-17-13-19(31-20(27)14-17)18(11-6-2)24-22(28)23(4)15-32-21(25-23)16(3)26-29/h13-14,18,29H,5-12,15H2,1-4H3,(H,24,28)/b26-16+/t18-,23?/m1/s1. The number of unbranched alkanes of at least 4 members (excludes halogenated alkanes) is 4. The van der Waals surface area contributed by atoms with Crippen molar-refractivity contribution in [1.82, 2.24) is 5.32 Å². The highest BCUT2D eigenvalue weighted by atomic mass is 32.2. The smallest absolute Gasteiger partial charge is 0.339 e. The molecule has 8 nitrogen and oxygen atoms in total. The number of carbonyl (C=O) groups excluding carboxylic acids is 1. The molecule has 0 radical (unpaired) electrons. The maximum absolute atomic E-state index is 13.1. The Kier molecular flexibility index (Phi) is 10.3. The van der Waals surface area contributed by atoms with Gasteiger partial charge in [0.05, 0.1) is 18.7 Å². The van der Waals surface area contributed by atoms with Gasteiger partial charge in [-0.2, -0.15) is 0 Å². The number of rotatable bonds is 13. The molecule has 32 heavy (non-hydrogen) atoms. The topological polar surface area (TPSA) is 113 Å². The Hall–Kier alpha value is -2.29. The number of aliphatic imine (C=N–C) groups is 1. The third kappa shape index (κ3) is 7.39. The maximum atomic E-state index is 13.1. The molecule has 2 atom stereocenters. The van der Waals surface area contributed by atoms with E-state index in [1.807, 2.05) is 6.92 Å². The summed E-state index contributed by atoms with van der Waals surface area (Å²) in [6, 6.07) is 2.56. The first-order valence-electron chi connectivity index (χ1n) is 11.3. The Morgan fingerprint density at radius 2 is 2.06 bits per heavy atom. The van der Waals surface area contributed by atoms with Crippen LogP contribution in [0.2, 0.25) is 0 Å². The van der Waals surface area contributed by atoms with Crippen molar-refractivity contribution in [3.05, 3.63) is 28.3 Å². The second-order valence-corrected chi connectivity index (χ2v) is 9.22. The third-order valence-electron chi connectivity index (χ3n) is 5.29. The van der Waals surface area contributed by atoms with Crippen LogP contribution in [0.15, 0.2) is 31.5 Å². The van der Waals surface area contributed by atoms with Crippen LogP contribution < -0.4 is 15.7 Å². The molecule has 178 valence electrons. The predicted molar refractivity (Wildman–Crippen MR) is 128 cm³/mol. The molecule has 1 aromatic heterocycles. The lowest BCUT2D eigenvalue weighted by molar-refractivity contribution is -0.125. The van der Waals surface area contributed by atoms with Crippen molar-refractivity contribution in [1.29, 1.82) is 0 Å². The molecule has 2 N–H and O–H groups in total. The van der Waals surface area contributed by atoms with E-state index in [2.05, 4.69) is 22.4 Å². The molecule has 0 spiro atoms. The lowest BCUT2D eigenvalue weighted by atomic mass is 10.0. The van der Waals surface area contributed by atoms with Crippen LogP contribution in [0.25, 0.3) is 0 Å². The number of hydrogen-bond acceptors (Lipinski definition) is 8. The van der Waals surface area contributed by atoms with Crippen molar-refractivity contribution >= 4 is 28.4 Å². The molecule has 0 bridgehead atoms. The monoisotopic (exact) mass is 465 g/mol. The highest BCUT2D eigenvalue weighted by Crippen LogP contribution is 2.30. The summed E-state index contributed by atoms with van der Waals surface area (Å²) >= 11 is 1.37. The number of ether oxygens (including phenoxy) is 1. The second-order valence-electron chi connectivity index (χ2n) is 8.26. The Morgan fingerprint density at radius 1 is 1.31 bits per heavy atom. The van der Waals surface area contributed by atoms with Crippen LogP contribution in [0.4, 0.5) is 0 Å². The summed E-state index contributed by atoms with van der Waals surface area (Å²) < 4.78 is 11.2. The van der Waals surface area contributed by atoms with E-state index in [1.165, 1.54) is 37.1 Å². The Labute approximate surface area is 193 Å². The number of nitrogens with one attached hydrogen (secondary N) is 1. The van der Waals surface area contributed by atoms with Gasteiger partial charge in [0.15, 0.2) is 0 Å². The van der Waals surface area contributed by atoms with E-state index in [1.54, 1.807) is 19.9 Å². The summed E-state index contributed by atoms with van der Waals surface area (Å²) in [6.45, 7) is 8.09. The molecular weight excluding hydrogens is 430 g/mol. The Morgan fingerprint density at radius 3 is 2.75 bits per heavy atom. The van der Waals surface area contributed by atoms with Crippen LogP contribution in [0, 0.1) is 0 Å². The van der Waals surface area contributed by atoms with E-state index in [-0.39, 0.29) is 5.91 Å². The van der Waals surface area contributed by atoms with E-state index >= 15 is 0 Å². The number of oxime groups is 1. The molecule has 1 aliphatic rings. The van der Waals surface area contributed by atoms with Crippen LogP contribution in [0.1, 0.15) is 84.4 Å². The van der Waals surface area contributed by atoms with Gasteiger partial charge in [0.25, 0.3) is 0 Å². The van der Waals surface area contributed by atoms with Gasteiger partial charge < -0.3 is 19.7 Å².